The summed E-state index contributed by atoms with van der Waals surface area (Å²) in [7, 11) is 0. The van der Waals surface area contributed by atoms with Crippen molar-refractivity contribution in [1.29, 1.82) is 0 Å². The number of alkyl carbamates (subject to hydrolysis) is 1. The van der Waals surface area contributed by atoms with Crippen LogP contribution in [-0.2, 0) is 9.53 Å². The van der Waals surface area contributed by atoms with Crippen LogP contribution in [0.25, 0.3) is 11.1 Å². The summed E-state index contributed by atoms with van der Waals surface area (Å²) in [4.78, 5) is 23.3. The van der Waals surface area contributed by atoms with Gasteiger partial charge >= 0.3 is 12.1 Å². The first-order valence-electron chi connectivity index (χ1n) is 9.13. The molecule has 3 rings (SSSR count). The first-order valence-corrected chi connectivity index (χ1v) is 9.13. The van der Waals surface area contributed by atoms with E-state index >= 15 is 0 Å². The Bertz CT molecular complexity index is 813. The van der Waals surface area contributed by atoms with Crippen molar-refractivity contribution in [2.24, 2.45) is 5.41 Å². The Hall–Kier alpha value is -2.82. The number of hydrogen-bond donors (Lipinski definition) is 2. The molecule has 0 heterocycles. The Morgan fingerprint density at radius 3 is 2.11 bits per heavy atom. The van der Waals surface area contributed by atoms with Crippen molar-refractivity contribution in [3.63, 3.8) is 0 Å². The fraction of sp³-hybridized carbons (Fsp3) is 0.364. The molecule has 1 amide bonds. The fourth-order valence-corrected chi connectivity index (χ4v) is 3.56. The predicted molar refractivity (Wildman–Crippen MR) is 104 cm³/mol. The molecule has 2 N–H and O–H groups in total. The summed E-state index contributed by atoms with van der Waals surface area (Å²) in [5.74, 6) is -0.883. The van der Waals surface area contributed by atoms with Gasteiger partial charge in [-0.3, -0.25) is 4.79 Å². The van der Waals surface area contributed by atoms with Gasteiger partial charge in [-0.15, -0.1) is 0 Å². The topological polar surface area (TPSA) is 75.6 Å². The molecule has 0 bridgehead atoms. The molecule has 0 radical (unpaired) electrons. The molecule has 0 spiro atoms. The number of benzene rings is 2. The van der Waals surface area contributed by atoms with Crippen molar-refractivity contribution < 1.29 is 19.4 Å². The SMILES string of the molecule is CC(NC(=O)OCC1c2ccccc2-c2ccccc21)C(C)(C)CC(=O)O. The highest BCUT2D eigenvalue weighted by Gasteiger charge is 2.32. The number of rotatable bonds is 6. The van der Waals surface area contributed by atoms with Gasteiger partial charge in [0.05, 0.1) is 6.42 Å². The predicted octanol–water partition coefficient (Wildman–Crippen LogP) is 4.41. The summed E-state index contributed by atoms with van der Waals surface area (Å²) in [6.07, 6.45) is -0.555. The third-order valence-corrected chi connectivity index (χ3v) is 5.46. The monoisotopic (exact) mass is 367 g/mol. The maximum absolute atomic E-state index is 12.3. The summed E-state index contributed by atoms with van der Waals surface area (Å²) in [5, 5.41) is 11.8. The standard InChI is InChI=1S/C22H25NO4/c1-14(22(2,3)12-20(24)25)23-21(26)27-13-19-17-10-6-4-8-15(17)16-9-5-7-11-18(16)19/h4-11,14,19H,12-13H2,1-3H3,(H,23,26)(H,24,25). The minimum Gasteiger partial charge on any atom is -0.481 e. The van der Waals surface area contributed by atoms with E-state index in [0.29, 0.717) is 0 Å². The number of amides is 1. The second-order valence-corrected chi connectivity index (χ2v) is 7.75. The summed E-state index contributed by atoms with van der Waals surface area (Å²) in [6, 6.07) is 16.0. The van der Waals surface area contributed by atoms with Crippen LogP contribution in [0.1, 0.15) is 44.2 Å². The van der Waals surface area contributed by atoms with Gasteiger partial charge in [0.2, 0.25) is 0 Å². The van der Waals surface area contributed by atoms with E-state index in [1.807, 2.05) is 38.1 Å². The second kappa shape index (κ2) is 7.43. The molecular weight excluding hydrogens is 342 g/mol. The van der Waals surface area contributed by atoms with Gasteiger partial charge in [-0.1, -0.05) is 62.4 Å². The van der Waals surface area contributed by atoms with Gasteiger partial charge in [-0.2, -0.15) is 0 Å². The molecule has 2 aromatic rings. The number of carboxylic acid groups (broad SMARTS) is 1. The molecule has 0 aliphatic heterocycles. The van der Waals surface area contributed by atoms with Crippen LogP contribution in [0.5, 0.6) is 0 Å². The Labute approximate surface area is 159 Å². The normalized spacial score (nSPS) is 14.2. The smallest absolute Gasteiger partial charge is 0.407 e. The van der Waals surface area contributed by atoms with E-state index in [1.54, 1.807) is 6.92 Å². The lowest BCUT2D eigenvalue weighted by molar-refractivity contribution is -0.139. The number of carbonyl (C=O) groups is 2. The largest absolute Gasteiger partial charge is 0.481 e. The Kier molecular flexibility index (Phi) is 5.22. The van der Waals surface area contributed by atoms with Gasteiger partial charge in [0.1, 0.15) is 6.61 Å². The molecule has 0 fully saturated rings. The molecule has 27 heavy (non-hydrogen) atoms. The average molecular weight is 367 g/mol. The van der Waals surface area contributed by atoms with Gasteiger partial charge in [-0.25, -0.2) is 4.79 Å². The minimum atomic E-state index is -0.888. The van der Waals surface area contributed by atoms with Crippen molar-refractivity contribution >= 4 is 12.1 Å². The molecule has 1 aliphatic carbocycles. The summed E-state index contributed by atoms with van der Waals surface area (Å²) < 4.78 is 5.51. The summed E-state index contributed by atoms with van der Waals surface area (Å²) in [5.41, 5.74) is 4.10. The van der Waals surface area contributed by atoms with Crippen LogP contribution >= 0.6 is 0 Å². The van der Waals surface area contributed by atoms with E-state index in [4.69, 9.17) is 9.84 Å². The van der Waals surface area contributed by atoms with Crippen molar-refractivity contribution in [3.05, 3.63) is 59.7 Å². The lowest BCUT2D eigenvalue weighted by Crippen LogP contribution is -2.44. The van der Waals surface area contributed by atoms with Crippen LogP contribution in [0.15, 0.2) is 48.5 Å². The van der Waals surface area contributed by atoms with Gasteiger partial charge in [0, 0.05) is 12.0 Å². The number of hydrogen-bond acceptors (Lipinski definition) is 3. The van der Waals surface area contributed by atoms with Crippen LogP contribution in [0, 0.1) is 5.41 Å². The Morgan fingerprint density at radius 2 is 1.59 bits per heavy atom. The van der Waals surface area contributed by atoms with Crippen LogP contribution in [-0.4, -0.2) is 29.8 Å². The van der Waals surface area contributed by atoms with E-state index in [0.717, 1.165) is 11.1 Å². The summed E-state index contributed by atoms with van der Waals surface area (Å²) in [6.45, 7) is 5.67. The fourth-order valence-electron chi connectivity index (χ4n) is 3.56. The lowest BCUT2D eigenvalue weighted by atomic mass is 9.82. The number of fused-ring (bicyclic) bond motifs is 3. The molecule has 0 saturated carbocycles. The molecule has 142 valence electrons. The van der Waals surface area contributed by atoms with Gasteiger partial charge in [-0.05, 0) is 34.6 Å². The van der Waals surface area contributed by atoms with Gasteiger partial charge in [0.25, 0.3) is 0 Å². The molecule has 1 atom stereocenters. The first-order chi connectivity index (χ1) is 12.8. The number of carboxylic acids is 1. The van der Waals surface area contributed by atoms with Crippen LogP contribution in [0.4, 0.5) is 4.79 Å². The van der Waals surface area contributed by atoms with Crippen LogP contribution in [0.3, 0.4) is 0 Å². The molecule has 0 saturated heterocycles. The molecule has 1 unspecified atom stereocenters. The molecular formula is C22H25NO4. The zero-order valence-corrected chi connectivity index (χ0v) is 15.9. The lowest BCUT2D eigenvalue weighted by Gasteiger charge is -2.30. The van der Waals surface area contributed by atoms with Gasteiger partial charge in [0.15, 0.2) is 0 Å². The number of aliphatic carboxylic acids is 1. The molecule has 2 aromatic carbocycles. The zero-order chi connectivity index (χ0) is 19.6. The Morgan fingerprint density at radius 1 is 1.07 bits per heavy atom. The summed E-state index contributed by atoms with van der Waals surface area (Å²) >= 11 is 0. The first kappa shape index (κ1) is 19.0. The number of carbonyl (C=O) groups excluding carboxylic acids is 1. The molecule has 5 nitrogen and oxygen atoms in total. The van der Waals surface area contributed by atoms with Crippen molar-refractivity contribution in [2.75, 3.05) is 6.61 Å². The second-order valence-electron chi connectivity index (χ2n) is 7.75. The third kappa shape index (κ3) is 3.97. The van der Waals surface area contributed by atoms with Crippen molar-refractivity contribution in [1.82, 2.24) is 5.32 Å². The van der Waals surface area contributed by atoms with Crippen molar-refractivity contribution in [3.8, 4) is 11.1 Å². The number of ether oxygens (including phenoxy) is 1. The molecule has 0 aromatic heterocycles. The molecule has 5 heteroatoms. The quantitative estimate of drug-likeness (QED) is 0.793. The van der Waals surface area contributed by atoms with E-state index in [2.05, 4.69) is 29.6 Å². The molecule has 1 aliphatic rings. The minimum absolute atomic E-state index is 0.00508. The zero-order valence-electron chi connectivity index (χ0n) is 15.9. The van der Waals surface area contributed by atoms with Crippen molar-refractivity contribution in [2.45, 2.75) is 39.2 Å². The number of nitrogens with one attached hydrogen (secondary N) is 1. The van der Waals surface area contributed by atoms with Crippen LogP contribution < -0.4 is 5.32 Å². The van der Waals surface area contributed by atoms with E-state index in [1.165, 1.54) is 11.1 Å². The Balaban J connectivity index is 1.67. The maximum atomic E-state index is 12.3. The third-order valence-electron chi connectivity index (χ3n) is 5.46. The highest BCUT2D eigenvalue weighted by molar-refractivity contribution is 5.79. The van der Waals surface area contributed by atoms with E-state index in [9.17, 15) is 9.59 Å². The average Bonchev–Trinajstić information content (AvgIpc) is 2.93. The highest BCUT2D eigenvalue weighted by Crippen LogP contribution is 2.44. The van der Waals surface area contributed by atoms with Gasteiger partial charge < -0.3 is 15.2 Å². The van der Waals surface area contributed by atoms with Crippen LogP contribution in [0.2, 0.25) is 0 Å². The maximum Gasteiger partial charge on any atom is 0.407 e. The van der Waals surface area contributed by atoms with E-state index in [-0.39, 0.29) is 25.0 Å². The highest BCUT2D eigenvalue weighted by atomic mass is 16.5. The van der Waals surface area contributed by atoms with E-state index < -0.39 is 17.5 Å².